The quantitative estimate of drug-likeness (QED) is 0.776. The lowest BCUT2D eigenvalue weighted by Gasteiger charge is -2.19. The topological polar surface area (TPSA) is 39.2 Å². The lowest BCUT2D eigenvalue weighted by atomic mass is 9.91. The van der Waals surface area contributed by atoms with E-state index in [2.05, 4.69) is 13.8 Å². The summed E-state index contributed by atoms with van der Waals surface area (Å²) in [6, 6.07) is 0. The first-order valence-corrected chi connectivity index (χ1v) is 8.75. The molecule has 0 bridgehead atoms. The van der Waals surface area contributed by atoms with Crippen LogP contribution in [0.5, 0.6) is 0 Å². The monoisotopic (exact) mass is 299 g/mol. The molecule has 5 heteroatoms. The second-order valence-electron chi connectivity index (χ2n) is 4.97. The molecule has 3 nitrogen and oxygen atoms in total. The summed E-state index contributed by atoms with van der Waals surface area (Å²) in [5.41, 5.74) is 0.994. The van der Waals surface area contributed by atoms with Gasteiger partial charge in [0.25, 0.3) is 0 Å². The largest absolute Gasteiger partial charge is 0.465 e. The smallest absolute Gasteiger partial charge is 0.315 e. The number of hydrogen-bond acceptors (Lipinski definition) is 5. The third-order valence-corrected chi connectivity index (χ3v) is 5.53. The minimum absolute atomic E-state index is 0.100. The summed E-state index contributed by atoms with van der Waals surface area (Å²) in [6.45, 7) is 6.69. The molecule has 1 aliphatic rings. The molecule has 1 aromatic heterocycles. The molecule has 1 aliphatic carbocycles. The van der Waals surface area contributed by atoms with Crippen LogP contribution >= 0.6 is 23.1 Å². The highest BCUT2D eigenvalue weighted by atomic mass is 32.2. The van der Waals surface area contributed by atoms with Crippen LogP contribution in [-0.4, -0.2) is 22.8 Å². The summed E-state index contributed by atoms with van der Waals surface area (Å²) in [5.74, 6) is 0.722. The Morgan fingerprint density at radius 2 is 2.37 bits per heavy atom. The highest BCUT2D eigenvalue weighted by Crippen LogP contribution is 2.36. The van der Waals surface area contributed by atoms with Gasteiger partial charge >= 0.3 is 5.97 Å². The fourth-order valence-electron chi connectivity index (χ4n) is 2.24. The third kappa shape index (κ3) is 3.72. The molecule has 106 valence electrons. The van der Waals surface area contributed by atoms with Crippen molar-refractivity contribution in [1.82, 2.24) is 4.98 Å². The van der Waals surface area contributed by atoms with E-state index in [1.165, 1.54) is 4.88 Å². The van der Waals surface area contributed by atoms with Gasteiger partial charge in [-0.1, -0.05) is 13.8 Å². The molecule has 0 fully saturated rings. The number of esters is 1. The zero-order chi connectivity index (χ0) is 13.8. The van der Waals surface area contributed by atoms with E-state index in [1.807, 2.05) is 18.7 Å². The molecule has 0 aliphatic heterocycles. The number of thiazole rings is 1. The summed E-state index contributed by atoms with van der Waals surface area (Å²) < 4.78 is 5.17. The second-order valence-corrected chi connectivity index (χ2v) is 7.71. The molecule has 0 N–H and O–H groups in total. The van der Waals surface area contributed by atoms with E-state index in [0.29, 0.717) is 11.9 Å². The van der Waals surface area contributed by atoms with Gasteiger partial charge in [-0.05, 0) is 31.4 Å². The molecule has 0 amide bonds. The zero-order valence-electron chi connectivity index (χ0n) is 11.8. The molecule has 0 radical (unpaired) electrons. The average molecular weight is 299 g/mol. The molecule has 1 atom stereocenters. The average Bonchev–Trinajstić information content (AvgIpc) is 2.79. The predicted octanol–water partition coefficient (Wildman–Crippen LogP) is 3.77. The van der Waals surface area contributed by atoms with Crippen molar-refractivity contribution < 1.29 is 9.53 Å². The van der Waals surface area contributed by atoms with Crippen molar-refractivity contribution in [3.8, 4) is 0 Å². The molecule has 1 heterocycles. The van der Waals surface area contributed by atoms with Gasteiger partial charge in [0.05, 0.1) is 12.3 Å². The summed E-state index contributed by atoms with van der Waals surface area (Å²) >= 11 is 3.68. The Balaban J connectivity index is 2.12. The Bertz CT molecular complexity index is 443. The van der Waals surface area contributed by atoms with Crippen molar-refractivity contribution in [3.63, 3.8) is 0 Å². The molecule has 0 saturated heterocycles. The van der Waals surface area contributed by atoms with E-state index in [-0.39, 0.29) is 11.9 Å². The van der Waals surface area contributed by atoms with Gasteiger partial charge < -0.3 is 4.74 Å². The maximum atomic E-state index is 12.0. The van der Waals surface area contributed by atoms with Gasteiger partial charge in [0.1, 0.15) is 10.9 Å². The van der Waals surface area contributed by atoms with Crippen LogP contribution in [0.4, 0.5) is 0 Å². The number of rotatable bonds is 5. The van der Waals surface area contributed by atoms with Gasteiger partial charge in [-0.3, -0.25) is 4.79 Å². The highest BCUT2D eigenvalue weighted by molar-refractivity contribution is 7.99. The minimum atomic E-state index is -0.127. The number of nitrogens with zero attached hydrogens (tertiary/aromatic N) is 1. The van der Waals surface area contributed by atoms with Crippen molar-refractivity contribution in [1.29, 1.82) is 0 Å². The Hall–Kier alpha value is -0.550. The van der Waals surface area contributed by atoms with Crippen LogP contribution in [0.25, 0.3) is 0 Å². The number of thioether (sulfide) groups is 1. The number of carbonyl (C=O) groups excluding carboxylic acids is 1. The van der Waals surface area contributed by atoms with E-state index < -0.39 is 0 Å². The van der Waals surface area contributed by atoms with Crippen LogP contribution < -0.4 is 0 Å². The van der Waals surface area contributed by atoms with Crippen LogP contribution in [0.2, 0.25) is 0 Å². The van der Waals surface area contributed by atoms with E-state index in [0.717, 1.165) is 35.7 Å². The molecule has 0 spiro atoms. The lowest BCUT2D eigenvalue weighted by Crippen LogP contribution is -2.20. The SMILES string of the molecule is CCOC(=O)C1CCCc2sc(CSC(C)C)nc21. The van der Waals surface area contributed by atoms with Crippen LogP contribution in [0.15, 0.2) is 0 Å². The number of ether oxygens (including phenoxy) is 1. The van der Waals surface area contributed by atoms with Crippen molar-refractivity contribution in [2.24, 2.45) is 0 Å². The van der Waals surface area contributed by atoms with Crippen LogP contribution in [0.1, 0.15) is 55.1 Å². The number of hydrogen-bond donors (Lipinski definition) is 0. The summed E-state index contributed by atoms with van der Waals surface area (Å²) in [5, 5.41) is 1.77. The minimum Gasteiger partial charge on any atom is -0.465 e. The standard InChI is InChI=1S/C14H21NO2S2/c1-4-17-14(16)10-6-5-7-11-13(10)15-12(19-11)8-18-9(2)3/h9-10H,4-8H2,1-3H3. The Morgan fingerprint density at radius 1 is 1.58 bits per heavy atom. The molecular formula is C14H21NO2S2. The number of aromatic nitrogens is 1. The molecule has 1 aromatic rings. The lowest BCUT2D eigenvalue weighted by molar-refractivity contribution is -0.145. The molecule has 19 heavy (non-hydrogen) atoms. The normalized spacial score (nSPS) is 18.4. The maximum Gasteiger partial charge on any atom is 0.315 e. The van der Waals surface area contributed by atoms with Crippen LogP contribution in [0.3, 0.4) is 0 Å². The molecule has 0 saturated carbocycles. The van der Waals surface area contributed by atoms with Gasteiger partial charge in [-0.2, -0.15) is 11.8 Å². The van der Waals surface area contributed by atoms with Gasteiger partial charge in [0.2, 0.25) is 0 Å². The fraction of sp³-hybridized carbons (Fsp3) is 0.714. The highest BCUT2D eigenvalue weighted by Gasteiger charge is 2.31. The molecule has 1 unspecified atom stereocenters. The fourth-order valence-corrected chi connectivity index (χ4v) is 4.19. The maximum absolute atomic E-state index is 12.0. The van der Waals surface area contributed by atoms with Gasteiger partial charge in [0.15, 0.2) is 0 Å². The summed E-state index contributed by atoms with van der Waals surface area (Å²) in [4.78, 5) is 18.0. The number of fused-ring (bicyclic) bond motifs is 1. The van der Waals surface area contributed by atoms with Gasteiger partial charge in [-0.25, -0.2) is 4.98 Å². The molecule has 0 aromatic carbocycles. The summed E-state index contributed by atoms with van der Waals surface area (Å²) in [7, 11) is 0. The Morgan fingerprint density at radius 3 is 3.05 bits per heavy atom. The van der Waals surface area contributed by atoms with Crippen LogP contribution in [0, 0.1) is 0 Å². The zero-order valence-corrected chi connectivity index (χ0v) is 13.4. The van der Waals surface area contributed by atoms with Crippen molar-refractivity contribution in [3.05, 3.63) is 15.6 Å². The Labute approximate surface area is 123 Å². The predicted molar refractivity (Wildman–Crippen MR) is 80.9 cm³/mol. The summed E-state index contributed by atoms with van der Waals surface area (Å²) in [6.07, 6.45) is 3.01. The van der Waals surface area contributed by atoms with E-state index in [9.17, 15) is 4.79 Å². The van der Waals surface area contributed by atoms with E-state index in [1.54, 1.807) is 11.3 Å². The van der Waals surface area contributed by atoms with Gasteiger partial charge in [-0.15, -0.1) is 11.3 Å². The van der Waals surface area contributed by atoms with E-state index >= 15 is 0 Å². The third-order valence-electron chi connectivity index (χ3n) is 3.11. The van der Waals surface area contributed by atoms with E-state index in [4.69, 9.17) is 9.72 Å². The number of aryl methyl sites for hydroxylation is 1. The van der Waals surface area contributed by atoms with Gasteiger partial charge in [0, 0.05) is 10.6 Å². The first-order valence-electron chi connectivity index (χ1n) is 6.88. The first kappa shape index (κ1) is 14.9. The van der Waals surface area contributed by atoms with Crippen molar-refractivity contribution in [2.75, 3.05) is 6.61 Å². The van der Waals surface area contributed by atoms with Crippen LogP contribution in [-0.2, 0) is 21.7 Å². The Kier molecular flexibility index (Phi) is 5.28. The van der Waals surface area contributed by atoms with Crippen molar-refractivity contribution in [2.45, 2.75) is 57.0 Å². The molecule has 2 rings (SSSR count). The molecular weight excluding hydrogens is 278 g/mol. The number of carbonyl (C=O) groups is 1. The van der Waals surface area contributed by atoms with Crippen molar-refractivity contribution >= 4 is 29.1 Å². The second kappa shape index (κ2) is 6.75. The first-order chi connectivity index (χ1) is 9.11.